The fourth-order valence-corrected chi connectivity index (χ4v) is 3.73. The van der Waals surface area contributed by atoms with E-state index in [1.165, 1.54) is 6.08 Å². The van der Waals surface area contributed by atoms with Crippen LogP contribution < -0.4 is 4.74 Å². The molecule has 4 rings (SSSR count). The molecule has 0 spiro atoms. The van der Waals surface area contributed by atoms with E-state index >= 15 is 0 Å². The summed E-state index contributed by atoms with van der Waals surface area (Å²) in [6.45, 7) is 7.29. The summed E-state index contributed by atoms with van der Waals surface area (Å²) in [5, 5.41) is 11.0. The van der Waals surface area contributed by atoms with Crippen molar-refractivity contribution in [2.75, 3.05) is 32.8 Å². The Morgan fingerprint density at radius 1 is 1.33 bits per heavy atom. The Morgan fingerprint density at radius 3 is 2.74 bits per heavy atom. The number of fused-ring (bicyclic) bond motifs is 3. The number of piperidine rings is 3. The van der Waals surface area contributed by atoms with E-state index in [1.54, 1.807) is 13.0 Å². The lowest BCUT2D eigenvalue weighted by atomic mass is 9.76. The molecule has 2 bridgehead atoms. The van der Waals surface area contributed by atoms with Crippen molar-refractivity contribution in [3.05, 3.63) is 35.4 Å². The van der Waals surface area contributed by atoms with Crippen molar-refractivity contribution in [2.24, 2.45) is 5.92 Å². The van der Waals surface area contributed by atoms with Gasteiger partial charge in [0.1, 0.15) is 11.4 Å². The molecule has 5 nitrogen and oxygen atoms in total. The molecule has 1 aromatic rings. The minimum atomic E-state index is -0.942. The molecule has 1 unspecified atom stereocenters. The molecule has 1 N–H and O–H groups in total. The largest absolute Gasteiger partial charge is 0.493 e. The van der Waals surface area contributed by atoms with E-state index in [2.05, 4.69) is 16.7 Å². The Morgan fingerprint density at radius 2 is 2.11 bits per heavy atom. The maximum Gasteiger partial charge on any atom is 0.330 e. The molecular formula is C22H27NO4. The maximum atomic E-state index is 11.5. The van der Waals surface area contributed by atoms with E-state index in [1.807, 2.05) is 25.1 Å². The van der Waals surface area contributed by atoms with Gasteiger partial charge in [0.2, 0.25) is 0 Å². The second kappa shape index (κ2) is 8.60. The minimum absolute atomic E-state index is 0.248. The molecule has 3 aliphatic rings. The van der Waals surface area contributed by atoms with Crippen LogP contribution >= 0.6 is 0 Å². The number of aliphatic hydroxyl groups is 1. The van der Waals surface area contributed by atoms with Crippen molar-refractivity contribution in [3.8, 4) is 17.6 Å². The van der Waals surface area contributed by atoms with Gasteiger partial charge in [0, 0.05) is 18.5 Å². The molecule has 1 atom stereocenters. The third-order valence-corrected chi connectivity index (χ3v) is 5.15. The third-order valence-electron chi connectivity index (χ3n) is 5.15. The number of benzene rings is 1. The number of carbonyl (C=O) groups is 1. The van der Waals surface area contributed by atoms with Crippen molar-refractivity contribution < 1.29 is 19.4 Å². The first kappa shape index (κ1) is 19.5. The number of nitrogens with zero attached hydrogens (tertiary/aromatic N) is 1. The summed E-state index contributed by atoms with van der Waals surface area (Å²) >= 11 is 0. The smallest absolute Gasteiger partial charge is 0.330 e. The molecule has 1 aromatic carbocycles. The lowest BCUT2D eigenvalue weighted by molar-refractivity contribution is -0.137. The Labute approximate surface area is 161 Å². The van der Waals surface area contributed by atoms with Gasteiger partial charge in [-0.1, -0.05) is 17.9 Å². The molecule has 0 aromatic heterocycles. The van der Waals surface area contributed by atoms with Gasteiger partial charge in [-0.05, 0) is 63.6 Å². The summed E-state index contributed by atoms with van der Waals surface area (Å²) in [6, 6.07) is 5.60. The van der Waals surface area contributed by atoms with Crippen LogP contribution in [0.25, 0.3) is 6.08 Å². The van der Waals surface area contributed by atoms with Gasteiger partial charge < -0.3 is 14.6 Å². The van der Waals surface area contributed by atoms with Crippen LogP contribution in [0.1, 0.15) is 37.8 Å². The Bertz CT molecular complexity index is 768. The first-order valence-electron chi connectivity index (χ1n) is 9.63. The van der Waals surface area contributed by atoms with E-state index in [0.717, 1.165) is 37.1 Å². The second-order valence-corrected chi connectivity index (χ2v) is 7.00. The molecule has 5 heteroatoms. The van der Waals surface area contributed by atoms with Crippen LogP contribution in [0, 0.1) is 17.8 Å². The van der Waals surface area contributed by atoms with Gasteiger partial charge in [-0.25, -0.2) is 4.79 Å². The predicted molar refractivity (Wildman–Crippen MR) is 104 cm³/mol. The van der Waals surface area contributed by atoms with Crippen LogP contribution in [-0.2, 0) is 9.53 Å². The van der Waals surface area contributed by atoms with Gasteiger partial charge in [-0.15, -0.1) is 0 Å². The van der Waals surface area contributed by atoms with Crippen molar-refractivity contribution in [1.29, 1.82) is 0 Å². The molecule has 0 aliphatic carbocycles. The summed E-state index contributed by atoms with van der Waals surface area (Å²) in [7, 11) is 0. The molecule has 3 saturated heterocycles. The van der Waals surface area contributed by atoms with E-state index in [9.17, 15) is 9.90 Å². The van der Waals surface area contributed by atoms with Crippen LogP contribution in [0.4, 0.5) is 0 Å². The van der Waals surface area contributed by atoms with Crippen LogP contribution in [0.15, 0.2) is 24.3 Å². The minimum Gasteiger partial charge on any atom is -0.493 e. The average Bonchev–Trinajstić information content (AvgIpc) is 2.67. The highest BCUT2D eigenvalue weighted by Crippen LogP contribution is 2.35. The van der Waals surface area contributed by atoms with Crippen molar-refractivity contribution in [2.45, 2.75) is 32.3 Å². The monoisotopic (exact) mass is 369 g/mol. The molecule has 0 radical (unpaired) electrons. The molecule has 144 valence electrons. The maximum absolute atomic E-state index is 11.5. The molecule has 3 heterocycles. The highest BCUT2D eigenvalue weighted by atomic mass is 16.5. The lowest BCUT2D eigenvalue weighted by Crippen LogP contribution is -2.58. The highest BCUT2D eigenvalue weighted by molar-refractivity contribution is 5.87. The second-order valence-electron chi connectivity index (χ2n) is 7.00. The summed E-state index contributed by atoms with van der Waals surface area (Å²) in [4.78, 5) is 13.8. The first-order chi connectivity index (χ1) is 13.0. The van der Waals surface area contributed by atoms with Crippen molar-refractivity contribution in [3.63, 3.8) is 0 Å². The van der Waals surface area contributed by atoms with E-state index in [-0.39, 0.29) is 11.9 Å². The van der Waals surface area contributed by atoms with Gasteiger partial charge >= 0.3 is 5.97 Å². The fourth-order valence-electron chi connectivity index (χ4n) is 3.73. The highest BCUT2D eigenvalue weighted by Gasteiger charge is 2.44. The number of esters is 1. The number of carbonyl (C=O) groups excluding carboxylic acids is 1. The average molecular weight is 369 g/mol. The third kappa shape index (κ3) is 4.71. The van der Waals surface area contributed by atoms with Gasteiger partial charge in [-0.2, -0.15) is 0 Å². The summed E-state index contributed by atoms with van der Waals surface area (Å²) < 4.78 is 10.6. The Kier molecular flexibility index (Phi) is 6.20. The zero-order valence-corrected chi connectivity index (χ0v) is 16.0. The number of ether oxygens (including phenoxy) is 2. The number of rotatable bonds is 5. The lowest BCUT2D eigenvalue weighted by Gasteiger charge is -2.47. The Balaban J connectivity index is 1.81. The van der Waals surface area contributed by atoms with Gasteiger partial charge in [0.15, 0.2) is 0 Å². The van der Waals surface area contributed by atoms with E-state index < -0.39 is 5.60 Å². The summed E-state index contributed by atoms with van der Waals surface area (Å²) in [6.07, 6.45) is 5.09. The van der Waals surface area contributed by atoms with Gasteiger partial charge in [0.05, 0.1) is 18.8 Å². The number of hydrogen-bond acceptors (Lipinski definition) is 5. The normalized spacial score (nSPS) is 26.5. The SMILES string of the molecule is CCOC(=O)/C=C/c1ccc(C#CC2(O)CN3CCC2CC3)c(OCC)c1. The van der Waals surface area contributed by atoms with Gasteiger partial charge in [-0.3, -0.25) is 4.90 Å². The quantitative estimate of drug-likeness (QED) is 0.491. The topological polar surface area (TPSA) is 59.0 Å². The molecule has 3 fully saturated rings. The summed E-state index contributed by atoms with van der Waals surface area (Å²) in [5.41, 5.74) is 0.635. The standard InChI is InChI=1S/C22H27NO4/c1-3-26-20-15-17(6-8-21(24)27-4-2)5-7-18(20)9-12-22(25)16-23-13-10-19(22)11-14-23/h5-8,15,19,25H,3-4,10-11,13-14,16H2,1-2H3/b8-6+. The first-order valence-corrected chi connectivity index (χ1v) is 9.63. The van der Waals surface area contributed by atoms with Crippen molar-refractivity contribution >= 4 is 12.0 Å². The molecule has 0 amide bonds. The van der Waals surface area contributed by atoms with Crippen LogP contribution in [0.5, 0.6) is 5.75 Å². The fraction of sp³-hybridized carbons (Fsp3) is 0.500. The van der Waals surface area contributed by atoms with Crippen LogP contribution in [-0.4, -0.2) is 54.4 Å². The number of hydrogen-bond donors (Lipinski definition) is 1. The zero-order chi connectivity index (χ0) is 19.3. The summed E-state index contributed by atoms with van der Waals surface area (Å²) in [5.74, 6) is 6.79. The Hall–Kier alpha value is -2.29. The van der Waals surface area contributed by atoms with Crippen molar-refractivity contribution in [1.82, 2.24) is 4.90 Å². The zero-order valence-electron chi connectivity index (χ0n) is 16.0. The van der Waals surface area contributed by atoms with Crippen LogP contribution in [0.3, 0.4) is 0 Å². The van der Waals surface area contributed by atoms with E-state index in [4.69, 9.17) is 9.47 Å². The molecule has 3 aliphatic heterocycles. The van der Waals surface area contributed by atoms with Crippen LogP contribution in [0.2, 0.25) is 0 Å². The molecule has 27 heavy (non-hydrogen) atoms. The predicted octanol–water partition coefficient (Wildman–Crippen LogP) is 2.47. The molecule has 0 saturated carbocycles. The molecular weight excluding hydrogens is 342 g/mol. The van der Waals surface area contributed by atoms with Gasteiger partial charge in [0.25, 0.3) is 0 Å². The van der Waals surface area contributed by atoms with E-state index in [0.29, 0.717) is 25.5 Å².